The van der Waals surface area contributed by atoms with Crippen molar-refractivity contribution >= 4 is 17.8 Å². The maximum Gasteiger partial charge on any atom is 0.320 e. The summed E-state index contributed by atoms with van der Waals surface area (Å²) >= 11 is 0. The van der Waals surface area contributed by atoms with Crippen LogP contribution in [0.2, 0.25) is 0 Å². The molecule has 2 fully saturated rings. The molecule has 13 N–H and O–H groups in total. The van der Waals surface area contributed by atoms with E-state index < -0.39 is 60.5 Å². The van der Waals surface area contributed by atoms with Gasteiger partial charge in [-0.1, -0.05) is 0 Å². The van der Waals surface area contributed by atoms with Crippen LogP contribution in [0.5, 0.6) is 0 Å². The lowest BCUT2D eigenvalue weighted by molar-refractivity contribution is -0.223. The van der Waals surface area contributed by atoms with Gasteiger partial charge < -0.3 is 57.6 Å². The highest BCUT2D eigenvalue weighted by Gasteiger charge is 2.47. The van der Waals surface area contributed by atoms with Gasteiger partial charge in [0.05, 0.1) is 0 Å². The quantitative estimate of drug-likeness (QED) is 0.190. The highest BCUT2D eigenvalue weighted by molar-refractivity contribution is 5.77. The van der Waals surface area contributed by atoms with E-state index in [4.69, 9.17) is 52.3 Å². The number of carbonyl (C=O) groups is 3. The minimum atomic E-state index is -1.64. The molecular weight excluding hydrogens is 410 g/mol. The molecule has 30 heavy (non-hydrogen) atoms. The van der Waals surface area contributed by atoms with Crippen LogP contribution in [0.25, 0.3) is 0 Å². The molecule has 0 aromatic rings. The van der Waals surface area contributed by atoms with Gasteiger partial charge in [0, 0.05) is 6.42 Å². The van der Waals surface area contributed by atoms with Crippen molar-refractivity contribution in [3.8, 4) is 0 Å². The first-order chi connectivity index (χ1) is 13.8. The van der Waals surface area contributed by atoms with Gasteiger partial charge in [-0.15, -0.1) is 0 Å². The van der Waals surface area contributed by atoms with Crippen molar-refractivity contribution in [3.05, 3.63) is 0 Å². The van der Waals surface area contributed by atoms with Crippen molar-refractivity contribution < 1.29 is 55.2 Å². The van der Waals surface area contributed by atoms with Gasteiger partial charge >= 0.3 is 11.9 Å². The molecule has 0 radical (unpaired) electrons. The number of nitrogens with two attached hydrogens (primary N) is 2. The zero-order valence-electron chi connectivity index (χ0n) is 16.1. The number of rotatable bonds is 5. The van der Waals surface area contributed by atoms with Crippen LogP contribution in [0.3, 0.4) is 0 Å². The summed E-state index contributed by atoms with van der Waals surface area (Å²) in [6, 6.07) is -1.25. The zero-order chi connectivity index (χ0) is 23.6. The second-order valence-corrected chi connectivity index (χ2v) is 6.88. The number of primary amides is 1. The molecule has 176 valence electrons. The molecule has 0 aromatic carbocycles. The molecule has 0 spiro atoms. The summed E-state index contributed by atoms with van der Waals surface area (Å²) < 4.78 is 0. The smallest absolute Gasteiger partial charge is 0.320 e. The predicted molar refractivity (Wildman–Crippen MR) is 98.7 cm³/mol. The fourth-order valence-electron chi connectivity index (χ4n) is 2.53. The second kappa shape index (κ2) is 13.4. The van der Waals surface area contributed by atoms with E-state index in [-0.39, 0.29) is 18.9 Å². The number of carbonyl (C=O) groups excluding carboxylic acids is 1. The number of hydrogen-bond acceptors (Lipinski definition) is 11. The maximum atomic E-state index is 10.1. The molecular formula is C16H31N3O11. The monoisotopic (exact) mass is 441 g/mol. The molecule has 1 aliphatic carbocycles. The number of aliphatic hydroxyl groups excluding tert-OH is 6. The van der Waals surface area contributed by atoms with E-state index in [2.05, 4.69) is 5.32 Å². The lowest BCUT2D eigenvalue weighted by Crippen LogP contribution is -2.63. The lowest BCUT2D eigenvalue weighted by Gasteiger charge is -2.39. The third kappa shape index (κ3) is 9.27. The van der Waals surface area contributed by atoms with E-state index in [0.29, 0.717) is 0 Å². The zero-order valence-corrected chi connectivity index (χ0v) is 16.1. The minimum Gasteiger partial charge on any atom is -0.480 e. The Morgan fingerprint density at radius 2 is 1.27 bits per heavy atom. The normalized spacial score (nSPS) is 33.9. The molecule has 2 atom stereocenters. The van der Waals surface area contributed by atoms with E-state index in [0.717, 1.165) is 19.4 Å². The van der Waals surface area contributed by atoms with Crippen molar-refractivity contribution in [2.75, 3.05) is 6.54 Å². The number of amides is 1. The van der Waals surface area contributed by atoms with Gasteiger partial charge in [-0.25, -0.2) is 0 Å². The van der Waals surface area contributed by atoms with Crippen molar-refractivity contribution in [3.63, 3.8) is 0 Å². The molecule has 14 heteroatoms. The lowest BCUT2D eigenvalue weighted by atomic mass is 9.85. The van der Waals surface area contributed by atoms with Crippen LogP contribution in [0.1, 0.15) is 25.7 Å². The van der Waals surface area contributed by atoms with Gasteiger partial charge in [-0.05, 0) is 25.8 Å². The molecule has 1 aliphatic heterocycles. The molecule has 14 nitrogen and oxygen atoms in total. The summed E-state index contributed by atoms with van der Waals surface area (Å²) in [5, 5.41) is 73.3. The summed E-state index contributed by atoms with van der Waals surface area (Å²) in [6.07, 6.45) is -7.94. The molecule has 2 unspecified atom stereocenters. The predicted octanol–water partition coefficient (Wildman–Crippen LogP) is -5.35. The molecule has 1 amide bonds. The molecule has 2 rings (SSSR count). The van der Waals surface area contributed by atoms with E-state index >= 15 is 0 Å². The molecule has 1 heterocycles. The van der Waals surface area contributed by atoms with E-state index in [1.54, 1.807) is 0 Å². The van der Waals surface area contributed by atoms with Crippen LogP contribution in [0.15, 0.2) is 0 Å². The Morgan fingerprint density at radius 1 is 0.867 bits per heavy atom. The number of carboxylic acid groups (broad SMARTS) is 2. The Bertz CT molecular complexity index is 500. The van der Waals surface area contributed by atoms with Crippen molar-refractivity contribution in [1.29, 1.82) is 0 Å². The average molecular weight is 441 g/mol. The van der Waals surface area contributed by atoms with Gasteiger partial charge in [-0.2, -0.15) is 0 Å². The third-order valence-corrected chi connectivity index (χ3v) is 4.48. The van der Waals surface area contributed by atoms with Gasteiger partial charge in [0.1, 0.15) is 48.7 Å². The third-order valence-electron chi connectivity index (χ3n) is 4.48. The Balaban J connectivity index is 0.000000429. The van der Waals surface area contributed by atoms with Gasteiger partial charge in [0.15, 0.2) is 0 Å². The maximum absolute atomic E-state index is 10.1. The van der Waals surface area contributed by atoms with Crippen LogP contribution >= 0.6 is 0 Å². The largest absolute Gasteiger partial charge is 0.480 e. The number of aliphatic hydroxyl groups is 6. The van der Waals surface area contributed by atoms with Crippen molar-refractivity contribution in [2.45, 2.75) is 74.4 Å². The van der Waals surface area contributed by atoms with Crippen molar-refractivity contribution in [2.24, 2.45) is 11.5 Å². The fraction of sp³-hybridized carbons (Fsp3) is 0.812. The number of nitrogens with one attached hydrogen (secondary N) is 1. The molecule has 1 saturated carbocycles. The molecule has 0 aromatic heterocycles. The summed E-state index contributed by atoms with van der Waals surface area (Å²) in [6.45, 7) is 0.858. The summed E-state index contributed by atoms with van der Waals surface area (Å²) in [4.78, 5) is 30.3. The summed E-state index contributed by atoms with van der Waals surface area (Å²) in [5.74, 6) is -2.36. The number of aliphatic carboxylic acids is 2. The molecule has 0 bridgehead atoms. The Hall–Kier alpha value is -1.91. The van der Waals surface area contributed by atoms with Crippen LogP contribution in [0.4, 0.5) is 0 Å². The first-order valence-electron chi connectivity index (χ1n) is 9.12. The SMILES string of the molecule is NC(=O)CCC(N)C(=O)O.O=C(O)C1CCCN1.OC1C(O)C(O)C(O)C(O)C1O. The van der Waals surface area contributed by atoms with Crippen LogP contribution in [-0.2, 0) is 14.4 Å². The van der Waals surface area contributed by atoms with Gasteiger partial charge in [0.2, 0.25) is 5.91 Å². The topological polar surface area (TPSA) is 277 Å². The van der Waals surface area contributed by atoms with E-state index in [1.165, 1.54) is 0 Å². The van der Waals surface area contributed by atoms with Crippen LogP contribution in [0, 0.1) is 0 Å². The van der Waals surface area contributed by atoms with Gasteiger partial charge in [-0.3, -0.25) is 14.4 Å². The van der Waals surface area contributed by atoms with E-state index in [1.807, 2.05) is 0 Å². The van der Waals surface area contributed by atoms with Gasteiger partial charge in [0.25, 0.3) is 0 Å². The molecule has 1 saturated heterocycles. The van der Waals surface area contributed by atoms with Crippen molar-refractivity contribution in [1.82, 2.24) is 5.32 Å². The Labute approximate surface area is 171 Å². The average Bonchev–Trinajstić information content (AvgIpc) is 3.23. The summed E-state index contributed by atoms with van der Waals surface area (Å²) in [5.41, 5.74) is 9.81. The minimum absolute atomic E-state index is 0.0213. The highest BCUT2D eigenvalue weighted by atomic mass is 16.4. The highest BCUT2D eigenvalue weighted by Crippen LogP contribution is 2.20. The first-order valence-corrected chi connectivity index (χ1v) is 9.12. The fourth-order valence-corrected chi connectivity index (χ4v) is 2.53. The summed E-state index contributed by atoms with van der Waals surface area (Å²) in [7, 11) is 0. The standard InChI is InChI=1S/C6H12O6.C5H10N2O3.C5H9NO2/c7-1-2(8)4(10)6(12)5(11)3(1)9;6-3(5(9)10)1-2-4(7)8;7-5(8)4-2-1-3-6-4/h1-12H;3H,1-2,6H2,(H2,7,8)(H,9,10);4,6H,1-3H2,(H,7,8). The van der Waals surface area contributed by atoms with E-state index in [9.17, 15) is 14.4 Å². The molecule has 2 aliphatic rings. The van der Waals surface area contributed by atoms with Crippen LogP contribution < -0.4 is 16.8 Å². The number of carboxylic acids is 2. The number of hydrogen-bond donors (Lipinski definition) is 11. The Kier molecular flexibility index (Phi) is 12.6. The van der Waals surface area contributed by atoms with Crippen LogP contribution in [-0.4, -0.2) is 114 Å². The second-order valence-electron chi connectivity index (χ2n) is 6.88. The Morgan fingerprint density at radius 3 is 1.47 bits per heavy atom. The first kappa shape index (κ1) is 28.1.